The van der Waals surface area contributed by atoms with E-state index in [0.29, 0.717) is 5.69 Å². The van der Waals surface area contributed by atoms with Gasteiger partial charge < -0.3 is 10.1 Å². The Bertz CT molecular complexity index is 700. The molecule has 5 nitrogen and oxygen atoms in total. The summed E-state index contributed by atoms with van der Waals surface area (Å²) < 4.78 is 27.3. The number of hydrogen-bond donors (Lipinski definition) is 3. The van der Waals surface area contributed by atoms with E-state index in [0.717, 1.165) is 4.47 Å². The van der Waals surface area contributed by atoms with E-state index >= 15 is 0 Å². The van der Waals surface area contributed by atoms with Crippen molar-refractivity contribution in [2.75, 3.05) is 4.72 Å². The molecule has 0 spiro atoms. The molecule has 0 saturated heterocycles. The lowest BCUT2D eigenvalue weighted by Gasteiger charge is -2.08. The molecule has 1 aromatic heterocycles. The zero-order valence-corrected chi connectivity index (χ0v) is 12.7. The maximum atomic E-state index is 12.1. The van der Waals surface area contributed by atoms with Crippen LogP contribution in [0.25, 0.3) is 0 Å². The fourth-order valence-corrected chi connectivity index (χ4v) is 3.31. The Morgan fingerprint density at radius 2 is 2.11 bits per heavy atom. The average molecular weight is 366 g/mol. The first-order valence-corrected chi connectivity index (χ1v) is 7.84. The fraction of sp³-hybridized carbons (Fsp3) is 0.0909. The van der Waals surface area contributed by atoms with Gasteiger partial charge in [-0.25, -0.2) is 8.42 Å². The maximum absolute atomic E-state index is 12.1. The number of aliphatic hydroxyl groups excluding tert-OH is 1. The third kappa shape index (κ3) is 3.30. The minimum atomic E-state index is -3.73. The molecule has 0 fully saturated rings. The largest absolute Gasteiger partial charge is 0.390 e. The zero-order chi connectivity index (χ0) is 14.0. The standard InChI is InChI=1S/C11H10BrClN2O3S/c12-7-1-2-11(10(13)3-7)15-19(17,18)9-4-8(6-16)14-5-9/h1-5,14-16H,6H2. The van der Waals surface area contributed by atoms with Crippen LogP contribution in [0.15, 0.2) is 39.8 Å². The molecule has 1 heterocycles. The Morgan fingerprint density at radius 1 is 1.37 bits per heavy atom. The van der Waals surface area contributed by atoms with Crippen molar-refractivity contribution in [3.05, 3.63) is 45.7 Å². The van der Waals surface area contributed by atoms with Crippen LogP contribution >= 0.6 is 27.5 Å². The van der Waals surface area contributed by atoms with E-state index < -0.39 is 10.0 Å². The SMILES string of the molecule is O=S(=O)(Nc1ccc(Br)cc1Cl)c1c[nH]c(CO)c1. The highest BCUT2D eigenvalue weighted by Gasteiger charge is 2.17. The van der Waals surface area contributed by atoms with Crippen molar-refractivity contribution in [2.45, 2.75) is 11.5 Å². The van der Waals surface area contributed by atoms with E-state index in [-0.39, 0.29) is 22.2 Å². The number of halogens is 2. The number of hydrogen-bond acceptors (Lipinski definition) is 3. The van der Waals surface area contributed by atoms with Gasteiger partial charge in [0.05, 0.1) is 17.3 Å². The summed E-state index contributed by atoms with van der Waals surface area (Å²) in [4.78, 5) is 2.70. The molecule has 8 heteroatoms. The number of anilines is 1. The van der Waals surface area contributed by atoms with Crippen LogP contribution in [-0.4, -0.2) is 18.5 Å². The second kappa shape index (κ2) is 5.54. The Balaban J connectivity index is 2.30. The number of sulfonamides is 1. The summed E-state index contributed by atoms with van der Waals surface area (Å²) >= 11 is 9.19. The van der Waals surface area contributed by atoms with Gasteiger partial charge in [-0.05, 0) is 24.3 Å². The van der Waals surface area contributed by atoms with Crippen molar-refractivity contribution in [1.29, 1.82) is 0 Å². The molecule has 0 saturated carbocycles. The van der Waals surface area contributed by atoms with Gasteiger partial charge >= 0.3 is 0 Å². The summed E-state index contributed by atoms with van der Waals surface area (Å²) in [6, 6.07) is 6.19. The van der Waals surface area contributed by atoms with Crippen molar-refractivity contribution in [1.82, 2.24) is 4.98 Å². The summed E-state index contributed by atoms with van der Waals surface area (Å²) in [5, 5.41) is 9.20. The van der Waals surface area contributed by atoms with Gasteiger partial charge in [-0.15, -0.1) is 0 Å². The average Bonchev–Trinajstić information content (AvgIpc) is 2.82. The van der Waals surface area contributed by atoms with Crippen LogP contribution in [0, 0.1) is 0 Å². The Labute approximate surface area is 123 Å². The summed E-state index contributed by atoms with van der Waals surface area (Å²) in [6.07, 6.45) is 1.31. The van der Waals surface area contributed by atoms with Gasteiger partial charge in [-0.1, -0.05) is 27.5 Å². The number of nitrogens with one attached hydrogen (secondary N) is 2. The molecule has 19 heavy (non-hydrogen) atoms. The van der Waals surface area contributed by atoms with Crippen LogP contribution in [-0.2, 0) is 16.6 Å². The van der Waals surface area contributed by atoms with Gasteiger partial charge in [0, 0.05) is 16.4 Å². The van der Waals surface area contributed by atoms with Crippen LogP contribution in [0.2, 0.25) is 5.02 Å². The zero-order valence-electron chi connectivity index (χ0n) is 9.52. The van der Waals surface area contributed by atoms with Crippen molar-refractivity contribution >= 4 is 43.2 Å². The Kier molecular flexibility index (Phi) is 4.19. The minimum Gasteiger partial charge on any atom is -0.390 e. The fourth-order valence-electron chi connectivity index (χ4n) is 1.44. The first-order chi connectivity index (χ1) is 8.92. The highest BCUT2D eigenvalue weighted by atomic mass is 79.9. The summed E-state index contributed by atoms with van der Waals surface area (Å²) in [5.74, 6) is 0. The minimum absolute atomic E-state index is 0.0375. The number of aliphatic hydroxyl groups is 1. The Morgan fingerprint density at radius 3 is 2.68 bits per heavy atom. The molecule has 0 aliphatic carbocycles. The third-order valence-corrected chi connectivity index (χ3v) is 4.52. The highest BCUT2D eigenvalue weighted by Crippen LogP contribution is 2.27. The molecule has 3 N–H and O–H groups in total. The number of H-pyrrole nitrogens is 1. The van der Waals surface area contributed by atoms with Crippen molar-refractivity contribution in [2.24, 2.45) is 0 Å². The van der Waals surface area contributed by atoms with Gasteiger partial charge in [0.2, 0.25) is 0 Å². The lowest BCUT2D eigenvalue weighted by Crippen LogP contribution is -2.12. The highest BCUT2D eigenvalue weighted by molar-refractivity contribution is 9.10. The monoisotopic (exact) mass is 364 g/mol. The van der Waals surface area contributed by atoms with Crippen molar-refractivity contribution in [3.8, 4) is 0 Å². The first-order valence-electron chi connectivity index (χ1n) is 5.18. The van der Waals surface area contributed by atoms with E-state index in [9.17, 15) is 8.42 Å². The Hall–Kier alpha value is -1.02. The molecule has 102 valence electrons. The smallest absolute Gasteiger partial charge is 0.263 e. The van der Waals surface area contributed by atoms with Crippen LogP contribution in [0.5, 0.6) is 0 Å². The predicted molar refractivity (Wildman–Crippen MR) is 76.7 cm³/mol. The van der Waals surface area contributed by atoms with E-state index in [4.69, 9.17) is 16.7 Å². The van der Waals surface area contributed by atoms with E-state index in [1.807, 2.05) is 0 Å². The summed E-state index contributed by atoms with van der Waals surface area (Å²) in [5.41, 5.74) is 0.707. The van der Waals surface area contributed by atoms with Gasteiger partial charge in [0.1, 0.15) is 4.90 Å². The molecule has 2 aromatic rings. The van der Waals surface area contributed by atoms with Crippen LogP contribution in [0.3, 0.4) is 0 Å². The molecule has 2 rings (SSSR count). The predicted octanol–water partition coefficient (Wildman–Crippen LogP) is 2.72. The second-order valence-corrected chi connectivity index (χ2v) is 6.75. The number of rotatable bonds is 4. The summed E-state index contributed by atoms with van der Waals surface area (Å²) in [7, 11) is -3.73. The van der Waals surface area contributed by atoms with Crippen LogP contribution < -0.4 is 4.72 Å². The van der Waals surface area contributed by atoms with Gasteiger partial charge in [0.25, 0.3) is 10.0 Å². The van der Waals surface area contributed by atoms with Crippen molar-refractivity contribution < 1.29 is 13.5 Å². The van der Waals surface area contributed by atoms with Crippen LogP contribution in [0.4, 0.5) is 5.69 Å². The van der Waals surface area contributed by atoms with E-state index in [2.05, 4.69) is 25.6 Å². The number of benzene rings is 1. The first kappa shape index (κ1) is 14.4. The van der Waals surface area contributed by atoms with E-state index in [1.54, 1.807) is 18.2 Å². The third-order valence-electron chi connectivity index (χ3n) is 2.37. The number of aromatic amines is 1. The topological polar surface area (TPSA) is 82.2 Å². The molecule has 0 atom stereocenters. The molecule has 0 radical (unpaired) electrons. The molecule has 0 aliphatic rings. The quantitative estimate of drug-likeness (QED) is 0.779. The second-order valence-electron chi connectivity index (χ2n) is 3.75. The molecule has 0 bridgehead atoms. The normalized spacial score (nSPS) is 11.5. The molecule has 0 amide bonds. The van der Waals surface area contributed by atoms with Crippen molar-refractivity contribution in [3.63, 3.8) is 0 Å². The lowest BCUT2D eigenvalue weighted by atomic mass is 10.3. The molecule has 0 unspecified atom stereocenters. The van der Waals surface area contributed by atoms with Gasteiger partial charge in [-0.2, -0.15) is 0 Å². The molecule has 1 aromatic carbocycles. The van der Waals surface area contributed by atoms with Crippen LogP contribution in [0.1, 0.15) is 5.69 Å². The van der Waals surface area contributed by atoms with Gasteiger partial charge in [-0.3, -0.25) is 4.72 Å². The summed E-state index contributed by atoms with van der Waals surface area (Å²) in [6.45, 7) is -0.255. The molecular formula is C11H10BrClN2O3S. The maximum Gasteiger partial charge on any atom is 0.263 e. The van der Waals surface area contributed by atoms with E-state index in [1.165, 1.54) is 12.3 Å². The molecular weight excluding hydrogens is 356 g/mol. The lowest BCUT2D eigenvalue weighted by molar-refractivity contribution is 0.277. The van der Waals surface area contributed by atoms with Gasteiger partial charge in [0.15, 0.2) is 0 Å². The number of aromatic nitrogens is 1. The molecule has 0 aliphatic heterocycles.